The molecule has 0 radical (unpaired) electrons. The first kappa shape index (κ1) is 15.4. The Labute approximate surface area is 138 Å². The second kappa shape index (κ2) is 5.96. The Hall–Kier alpha value is -2.47. The summed E-state index contributed by atoms with van der Waals surface area (Å²) in [5.41, 5.74) is 5.12. The zero-order valence-corrected chi connectivity index (χ0v) is 14.2. The Kier molecular flexibility index (Phi) is 4.00. The van der Waals surface area contributed by atoms with E-state index in [1.807, 2.05) is 31.4 Å². The zero-order valence-electron chi connectivity index (χ0n) is 13.4. The van der Waals surface area contributed by atoms with Gasteiger partial charge in [0.25, 0.3) is 0 Å². The van der Waals surface area contributed by atoms with Crippen molar-refractivity contribution in [1.82, 2.24) is 15.0 Å². The normalized spacial score (nSPS) is 10.8. The molecule has 3 aromatic heterocycles. The van der Waals surface area contributed by atoms with Crippen LogP contribution in [0.25, 0.3) is 22.0 Å². The van der Waals surface area contributed by atoms with Crippen molar-refractivity contribution in [2.75, 3.05) is 7.11 Å². The first-order chi connectivity index (χ1) is 11.0. The maximum absolute atomic E-state index is 11.8. The number of aryl methyl sites for hydroxylation is 1. The summed E-state index contributed by atoms with van der Waals surface area (Å²) in [6, 6.07) is 3.79. The first-order valence-electron chi connectivity index (χ1n) is 7.18. The number of nitrogens with zero attached hydrogens (tertiary/aromatic N) is 2. The second-order valence-electron chi connectivity index (χ2n) is 5.28. The fraction of sp³-hybridized carbons (Fsp3) is 0.235. The first-order valence-corrected chi connectivity index (χ1v) is 8.06. The molecule has 0 atom stereocenters. The van der Waals surface area contributed by atoms with Gasteiger partial charge in [0.05, 0.1) is 24.1 Å². The van der Waals surface area contributed by atoms with E-state index in [2.05, 4.69) is 15.0 Å². The Bertz CT molecular complexity index is 880. The SMILES string of the molecule is COc1ncccc1-c1nc(-c2[nH]c(C)c(C(C)=O)c2C)cs1. The Morgan fingerprint density at radius 1 is 1.35 bits per heavy atom. The molecule has 0 aliphatic rings. The number of carbonyl (C=O) groups is 1. The van der Waals surface area contributed by atoms with Crippen LogP contribution in [-0.2, 0) is 0 Å². The molecule has 3 heterocycles. The molecule has 0 unspecified atom stereocenters. The zero-order chi connectivity index (χ0) is 16.6. The van der Waals surface area contributed by atoms with E-state index in [0.29, 0.717) is 5.88 Å². The molecule has 0 aromatic carbocycles. The third-order valence-electron chi connectivity index (χ3n) is 3.74. The minimum absolute atomic E-state index is 0.0619. The van der Waals surface area contributed by atoms with Gasteiger partial charge in [0.2, 0.25) is 5.88 Å². The van der Waals surface area contributed by atoms with Crippen molar-refractivity contribution in [2.24, 2.45) is 0 Å². The number of carbonyl (C=O) groups excluding carboxylic acids is 1. The van der Waals surface area contributed by atoms with Crippen LogP contribution in [0.1, 0.15) is 28.5 Å². The molecule has 0 saturated carbocycles. The van der Waals surface area contributed by atoms with Crippen LogP contribution in [0.15, 0.2) is 23.7 Å². The van der Waals surface area contributed by atoms with Crippen LogP contribution in [0.2, 0.25) is 0 Å². The van der Waals surface area contributed by atoms with Gasteiger partial charge in [-0.2, -0.15) is 0 Å². The molecule has 23 heavy (non-hydrogen) atoms. The number of ketones is 1. The fourth-order valence-electron chi connectivity index (χ4n) is 2.76. The topological polar surface area (TPSA) is 67.9 Å². The maximum atomic E-state index is 11.8. The summed E-state index contributed by atoms with van der Waals surface area (Å²) in [6.45, 7) is 5.43. The van der Waals surface area contributed by atoms with Crippen molar-refractivity contribution in [2.45, 2.75) is 20.8 Å². The van der Waals surface area contributed by atoms with Gasteiger partial charge in [0.1, 0.15) is 5.01 Å². The van der Waals surface area contributed by atoms with Crippen molar-refractivity contribution in [3.63, 3.8) is 0 Å². The van der Waals surface area contributed by atoms with Crippen molar-refractivity contribution in [1.29, 1.82) is 0 Å². The summed E-state index contributed by atoms with van der Waals surface area (Å²) in [5.74, 6) is 0.615. The highest BCUT2D eigenvalue weighted by Crippen LogP contribution is 2.35. The molecule has 3 aromatic rings. The number of hydrogen-bond acceptors (Lipinski definition) is 5. The van der Waals surface area contributed by atoms with E-state index in [9.17, 15) is 4.79 Å². The highest BCUT2D eigenvalue weighted by molar-refractivity contribution is 7.13. The van der Waals surface area contributed by atoms with Crippen LogP contribution in [-0.4, -0.2) is 27.8 Å². The van der Waals surface area contributed by atoms with Crippen molar-refractivity contribution < 1.29 is 9.53 Å². The maximum Gasteiger partial charge on any atom is 0.223 e. The highest BCUT2D eigenvalue weighted by atomic mass is 32.1. The van der Waals surface area contributed by atoms with E-state index in [-0.39, 0.29) is 5.78 Å². The van der Waals surface area contributed by atoms with Gasteiger partial charge in [-0.25, -0.2) is 9.97 Å². The van der Waals surface area contributed by atoms with E-state index in [0.717, 1.165) is 38.8 Å². The van der Waals surface area contributed by atoms with Gasteiger partial charge in [0, 0.05) is 22.8 Å². The molecule has 6 heteroatoms. The molecular weight excluding hydrogens is 310 g/mol. The smallest absolute Gasteiger partial charge is 0.223 e. The van der Waals surface area contributed by atoms with Crippen LogP contribution in [0.4, 0.5) is 0 Å². The molecule has 1 N–H and O–H groups in total. The average molecular weight is 327 g/mol. The Morgan fingerprint density at radius 3 is 2.78 bits per heavy atom. The van der Waals surface area contributed by atoms with Gasteiger partial charge in [-0.15, -0.1) is 11.3 Å². The van der Waals surface area contributed by atoms with Crippen LogP contribution in [0.5, 0.6) is 5.88 Å². The molecule has 0 aliphatic heterocycles. The molecular formula is C17H17N3O2S. The van der Waals surface area contributed by atoms with Gasteiger partial charge >= 0.3 is 0 Å². The van der Waals surface area contributed by atoms with Crippen molar-refractivity contribution in [3.8, 4) is 27.8 Å². The van der Waals surface area contributed by atoms with Gasteiger partial charge in [-0.1, -0.05) is 0 Å². The van der Waals surface area contributed by atoms with Crippen molar-refractivity contribution >= 4 is 17.1 Å². The summed E-state index contributed by atoms with van der Waals surface area (Å²) in [5, 5.41) is 2.81. The Balaban J connectivity index is 2.07. The molecule has 0 amide bonds. The lowest BCUT2D eigenvalue weighted by atomic mass is 10.1. The average Bonchev–Trinajstić information content (AvgIpc) is 3.11. The van der Waals surface area contributed by atoms with E-state index in [1.54, 1.807) is 20.2 Å². The van der Waals surface area contributed by atoms with E-state index >= 15 is 0 Å². The van der Waals surface area contributed by atoms with Crippen LogP contribution in [0.3, 0.4) is 0 Å². The van der Waals surface area contributed by atoms with Gasteiger partial charge in [-0.3, -0.25) is 4.79 Å². The Morgan fingerprint density at radius 2 is 2.13 bits per heavy atom. The summed E-state index contributed by atoms with van der Waals surface area (Å²) in [4.78, 5) is 24.0. The lowest BCUT2D eigenvalue weighted by Crippen LogP contribution is -1.94. The summed E-state index contributed by atoms with van der Waals surface area (Å²) in [6.07, 6.45) is 1.69. The number of Topliss-reactive ketones (excluding diaryl/α,β-unsaturated/α-hetero) is 1. The van der Waals surface area contributed by atoms with E-state index in [1.165, 1.54) is 11.3 Å². The number of rotatable bonds is 4. The lowest BCUT2D eigenvalue weighted by Gasteiger charge is -2.03. The van der Waals surface area contributed by atoms with Gasteiger partial charge < -0.3 is 9.72 Å². The standard InChI is InChI=1S/C17H17N3O2S/c1-9-14(11(3)21)10(2)19-15(9)13-8-23-17(20-13)12-6-5-7-18-16(12)22-4/h5-8,19H,1-4H3. The summed E-state index contributed by atoms with van der Waals surface area (Å²) < 4.78 is 5.30. The van der Waals surface area contributed by atoms with E-state index < -0.39 is 0 Å². The molecule has 0 aliphatic carbocycles. The predicted octanol–water partition coefficient (Wildman–Crippen LogP) is 4.03. The van der Waals surface area contributed by atoms with Crippen LogP contribution in [0, 0.1) is 13.8 Å². The number of thiazole rings is 1. The molecule has 0 fully saturated rings. The quantitative estimate of drug-likeness (QED) is 0.735. The molecule has 0 spiro atoms. The minimum Gasteiger partial charge on any atom is -0.480 e. The number of H-pyrrole nitrogens is 1. The number of methoxy groups -OCH3 is 1. The number of aromatic amines is 1. The van der Waals surface area contributed by atoms with Gasteiger partial charge in [0.15, 0.2) is 5.78 Å². The monoisotopic (exact) mass is 327 g/mol. The molecule has 118 valence electrons. The summed E-state index contributed by atoms with van der Waals surface area (Å²) in [7, 11) is 1.60. The third kappa shape index (κ3) is 2.66. The fourth-order valence-corrected chi connectivity index (χ4v) is 3.59. The molecule has 0 bridgehead atoms. The molecule has 3 rings (SSSR count). The van der Waals surface area contributed by atoms with Crippen LogP contribution < -0.4 is 4.74 Å². The third-order valence-corrected chi connectivity index (χ3v) is 4.62. The highest BCUT2D eigenvalue weighted by Gasteiger charge is 2.19. The lowest BCUT2D eigenvalue weighted by molar-refractivity contribution is 0.101. The van der Waals surface area contributed by atoms with E-state index in [4.69, 9.17) is 4.74 Å². The number of hydrogen-bond donors (Lipinski definition) is 1. The number of nitrogens with one attached hydrogen (secondary N) is 1. The number of pyridine rings is 1. The molecule has 0 saturated heterocycles. The number of aromatic nitrogens is 3. The largest absolute Gasteiger partial charge is 0.480 e. The minimum atomic E-state index is 0.0619. The number of ether oxygens (including phenoxy) is 1. The van der Waals surface area contributed by atoms with Crippen LogP contribution >= 0.6 is 11.3 Å². The van der Waals surface area contributed by atoms with Crippen molar-refractivity contribution in [3.05, 3.63) is 40.5 Å². The predicted molar refractivity (Wildman–Crippen MR) is 91.2 cm³/mol. The second-order valence-corrected chi connectivity index (χ2v) is 6.14. The van der Waals surface area contributed by atoms with Gasteiger partial charge in [-0.05, 0) is 38.5 Å². The summed E-state index contributed by atoms with van der Waals surface area (Å²) >= 11 is 1.52. The molecule has 5 nitrogen and oxygen atoms in total.